The van der Waals surface area contributed by atoms with E-state index >= 15 is 0 Å². The zero-order valence-corrected chi connectivity index (χ0v) is 10.8. The van der Waals surface area contributed by atoms with Gasteiger partial charge in [0, 0.05) is 19.8 Å². The van der Waals surface area contributed by atoms with Gasteiger partial charge in [0.15, 0.2) is 5.75 Å². The summed E-state index contributed by atoms with van der Waals surface area (Å²) in [5.74, 6) is 0.760. The number of ether oxygens (including phenoxy) is 1. The highest BCUT2D eigenvalue weighted by Crippen LogP contribution is 2.09. The fourth-order valence-corrected chi connectivity index (χ4v) is 1.55. The van der Waals surface area contributed by atoms with Crippen LogP contribution in [-0.2, 0) is 20.2 Å². The van der Waals surface area contributed by atoms with Gasteiger partial charge in [-0.05, 0) is 18.2 Å². The Morgan fingerprint density at radius 1 is 1.33 bits per heavy atom. The molecule has 0 atom stereocenters. The quantitative estimate of drug-likeness (QED) is 0.839. The molecule has 0 aromatic carbocycles. The zero-order valence-electron chi connectivity index (χ0n) is 10.8. The molecule has 0 aliphatic rings. The van der Waals surface area contributed by atoms with Crippen molar-refractivity contribution >= 4 is 0 Å². The van der Waals surface area contributed by atoms with Crippen LogP contribution in [0.2, 0.25) is 0 Å². The molecule has 0 spiro atoms. The normalized spacial score (nSPS) is 10.6. The average molecular weight is 246 g/mol. The molecule has 2 heterocycles. The Morgan fingerprint density at radius 3 is 2.83 bits per heavy atom. The largest absolute Gasteiger partial charge is 0.484 e. The predicted molar refractivity (Wildman–Crippen MR) is 69.2 cm³/mol. The monoisotopic (exact) mass is 246 g/mol. The lowest BCUT2D eigenvalue weighted by molar-refractivity contribution is 0.301. The number of pyridine rings is 1. The third-order valence-electron chi connectivity index (χ3n) is 2.53. The summed E-state index contributed by atoms with van der Waals surface area (Å²) < 4.78 is 7.28. The molecular formula is C13H18N4O. The maximum absolute atomic E-state index is 5.57. The topological polar surface area (TPSA) is 52.0 Å². The number of nitrogens with zero attached hydrogens (tertiary/aromatic N) is 3. The molecule has 96 valence electrons. The highest BCUT2D eigenvalue weighted by Gasteiger charge is 2.00. The summed E-state index contributed by atoms with van der Waals surface area (Å²) in [6, 6.07) is 4.06. The van der Waals surface area contributed by atoms with Crippen molar-refractivity contribution in [2.75, 3.05) is 6.54 Å². The number of hydrogen-bond acceptors (Lipinski definition) is 4. The lowest BCUT2D eigenvalue weighted by Gasteiger charge is -2.05. The Kier molecular flexibility index (Phi) is 4.30. The number of hydrogen-bond donors (Lipinski definition) is 1. The summed E-state index contributed by atoms with van der Waals surface area (Å²) >= 11 is 0. The van der Waals surface area contributed by atoms with E-state index in [0.717, 1.165) is 24.5 Å². The summed E-state index contributed by atoms with van der Waals surface area (Å²) in [7, 11) is 1.86. The van der Waals surface area contributed by atoms with Crippen LogP contribution in [0.4, 0.5) is 0 Å². The highest BCUT2D eigenvalue weighted by atomic mass is 16.5. The van der Waals surface area contributed by atoms with Gasteiger partial charge in [-0.3, -0.25) is 9.67 Å². The maximum atomic E-state index is 5.57. The summed E-state index contributed by atoms with van der Waals surface area (Å²) in [4.78, 5) is 4.36. The Balaban J connectivity index is 1.86. The third kappa shape index (κ3) is 3.56. The number of aromatic nitrogens is 3. The summed E-state index contributed by atoms with van der Waals surface area (Å²) in [6.45, 7) is 4.37. The molecule has 0 amide bonds. The van der Waals surface area contributed by atoms with E-state index in [1.807, 2.05) is 25.5 Å². The average Bonchev–Trinajstić information content (AvgIpc) is 2.81. The van der Waals surface area contributed by atoms with Crippen LogP contribution in [0, 0.1) is 0 Å². The first-order valence-electron chi connectivity index (χ1n) is 6.04. The number of rotatable bonds is 6. The first-order valence-corrected chi connectivity index (χ1v) is 6.04. The smallest absolute Gasteiger partial charge is 0.157 e. The van der Waals surface area contributed by atoms with E-state index in [9.17, 15) is 0 Å². The Bertz CT molecular complexity index is 478. The van der Waals surface area contributed by atoms with Gasteiger partial charge in [0.05, 0.1) is 18.1 Å². The second-order valence-corrected chi connectivity index (χ2v) is 4.08. The lowest BCUT2D eigenvalue weighted by atomic mass is 10.2. The van der Waals surface area contributed by atoms with Crippen LogP contribution >= 0.6 is 0 Å². The van der Waals surface area contributed by atoms with Gasteiger partial charge in [0.25, 0.3) is 0 Å². The van der Waals surface area contributed by atoms with Crippen LogP contribution in [0.5, 0.6) is 5.75 Å². The summed E-state index contributed by atoms with van der Waals surface area (Å²) in [6.07, 6.45) is 5.41. The minimum absolute atomic E-state index is 0.465. The van der Waals surface area contributed by atoms with Crippen molar-refractivity contribution in [3.8, 4) is 5.75 Å². The van der Waals surface area contributed by atoms with E-state index in [-0.39, 0.29) is 0 Å². The number of aryl methyl sites for hydroxylation is 1. The molecule has 0 unspecified atom stereocenters. The van der Waals surface area contributed by atoms with E-state index in [2.05, 4.69) is 28.4 Å². The van der Waals surface area contributed by atoms with Gasteiger partial charge in [-0.15, -0.1) is 0 Å². The van der Waals surface area contributed by atoms with Gasteiger partial charge >= 0.3 is 0 Å². The second kappa shape index (κ2) is 6.16. The molecular weight excluding hydrogens is 228 g/mol. The summed E-state index contributed by atoms with van der Waals surface area (Å²) in [5.41, 5.74) is 2.10. The van der Waals surface area contributed by atoms with Crippen molar-refractivity contribution in [3.63, 3.8) is 0 Å². The second-order valence-electron chi connectivity index (χ2n) is 4.08. The molecule has 0 aliphatic carbocycles. The molecule has 1 N–H and O–H groups in total. The molecule has 5 nitrogen and oxygen atoms in total. The number of nitrogens with one attached hydrogen (secondary N) is 1. The SMILES string of the molecule is CCNCc1ccc(COc2cnn(C)c2)nc1. The molecule has 2 aromatic heterocycles. The molecule has 0 bridgehead atoms. The molecule has 5 heteroatoms. The Morgan fingerprint density at radius 2 is 2.22 bits per heavy atom. The molecule has 0 fully saturated rings. The van der Waals surface area contributed by atoms with Crippen LogP contribution in [0.1, 0.15) is 18.2 Å². The van der Waals surface area contributed by atoms with Crippen molar-refractivity contribution in [1.29, 1.82) is 0 Å². The molecule has 0 saturated heterocycles. The summed E-state index contributed by atoms with van der Waals surface area (Å²) in [5, 5.41) is 7.30. The predicted octanol–water partition coefficient (Wildman–Crippen LogP) is 1.50. The fraction of sp³-hybridized carbons (Fsp3) is 0.385. The van der Waals surface area contributed by atoms with Crippen LogP contribution in [0.15, 0.2) is 30.7 Å². The minimum atomic E-state index is 0.465. The van der Waals surface area contributed by atoms with Gasteiger partial charge < -0.3 is 10.1 Å². The van der Waals surface area contributed by atoms with E-state index in [4.69, 9.17) is 4.74 Å². The molecule has 0 radical (unpaired) electrons. The van der Waals surface area contributed by atoms with Crippen molar-refractivity contribution in [3.05, 3.63) is 42.0 Å². The first kappa shape index (κ1) is 12.6. The van der Waals surface area contributed by atoms with E-state index in [1.54, 1.807) is 10.9 Å². The van der Waals surface area contributed by atoms with Crippen molar-refractivity contribution in [2.45, 2.75) is 20.1 Å². The van der Waals surface area contributed by atoms with Crippen molar-refractivity contribution in [1.82, 2.24) is 20.1 Å². The van der Waals surface area contributed by atoms with Gasteiger partial charge in [-0.25, -0.2) is 0 Å². The third-order valence-corrected chi connectivity index (χ3v) is 2.53. The van der Waals surface area contributed by atoms with Crippen LogP contribution in [-0.4, -0.2) is 21.3 Å². The Hall–Kier alpha value is -1.88. The molecule has 2 aromatic rings. The van der Waals surface area contributed by atoms with Crippen LogP contribution in [0.3, 0.4) is 0 Å². The van der Waals surface area contributed by atoms with Gasteiger partial charge in [0.2, 0.25) is 0 Å². The van der Waals surface area contributed by atoms with Crippen molar-refractivity contribution in [2.24, 2.45) is 7.05 Å². The molecule has 18 heavy (non-hydrogen) atoms. The molecule has 0 aliphatic heterocycles. The van der Waals surface area contributed by atoms with Crippen molar-refractivity contribution < 1.29 is 4.74 Å². The zero-order chi connectivity index (χ0) is 12.8. The maximum Gasteiger partial charge on any atom is 0.157 e. The fourth-order valence-electron chi connectivity index (χ4n) is 1.55. The molecule has 2 rings (SSSR count). The van der Waals surface area contributed by atoms with E-state index in [0.29, 0.717) is 6.61 Å². The van der Waals surface area contributed by atoms with Crippen LogP contribution < -0.4 is 10.1 Å². The van der Waals surface area contributed by atoms with E-state index < -0.39 is 0 Å². The highest BCUT2D eigenvalue weighted by molar-refractivity contribution is 5.15. The van der Waals surface area contributed by atoms with Gasteiger partial charge in [-0.2, -0.15) is 5.10 Å². The standard InChI is InChI=1S/C13H18N4O/c1-3-14-6-11-4-5-12(15-7-11)10-18-13-8-16-17(2)9-13/h4-5,7-9,14H,3,6,10H2,1-2H3. The minimum Gasteiger partial charge on any atom is -0.484 e. The Labute approximate surface area is 107 Å². The molecule has 0 saturated carbocycles. The lowest BCUT2D eigenvalue weighted by Crippen LogP contribution is -2.12. The van der Waals surface area contributed by atoms with Gasteiger partial charge in [-0.1, -0.05) is 13.0 Å². The van der Waals surface area contributed by atoms with Crippen LogP contribution in [0.25, 0.3) is 0 Å². The van der Waals surface area contributed by atoms with Gasteiger partial charge in [0.1, 0.15) is 6.61 Å². The first-order chi connectivity index (χ1) is 8.78. The van der Waals surface area contributed by atoms with E-state index in [1.165, 1.54) is 5.56 Å².